The molecule has 0 saturated carbocycles. The van der Waals surface area contributed by atoms with Crippen LogP contribution in [0.2, 0.25) is 0 Å². The van der Waals surface area contributed by atoms with Crippen LogP contribution in [-0.2, 0) is 0 Å². The van der Waals surface area contributed by atoms with Gasteiger partial charge in [0, 0.05) is 23.2 Å². The molecule has 1 heterocycles. The van der Waals surface area contributed by atoms with Gasteiger partial charge in [0.05, 0.1) is 6.04 Å². The number of carbonyl (C=O) groups is 1. The topological polar surface area (TPSA) is 20.3 Å². The van der Waals surface area contributed by atoms with Crippen molar-refractivity contribution in [1.29, 1.82) is 0 Å². The highest BCUT2D eigenvalue weighted by molar-refractivity contribution is 7.10. The van der Waals surface area contributed by atoms with Gasteiger partial charge in [0.1, 0.15) is 0 Å². The molecule has 1 unspecified atom stereocenters. The van der Waals surface area contributed by atoms with Crippen LogP contribution in [0.3, 0.4) is 0 Å². The summed E-state index contributed by atoms with van der Waals surface area (Å²) < 4.78 is 0. The van der Waals surface area contributed by atoms with Gasteiger partial charge in [0.15, 0.2) is 5.78 Å². The van der Waals surface area contributed by atoms with Crippen LogP contribution in [0.1, 0.15) is 35.1 Å². The number of Topliss-reactive ketones (excluding diaryl/α,β-unsaturated/α-hetero) is 1. The molecule has 0 fully saturated rings. The first-order valence-corrected chi connectivity index (χ1v) is 6.85. The average Bonchev–Trinajstić information content (AvgIpc) is 2.91. The van der Waals surface area contributed by atoms with Crippen LogP contribution >= 0.6 is 11.3 Å². The summed E-state index contributed by atoms with van der Waals surface area (Å²) in [6.07, 6.45) is 0. The van der Waals surface area contributed by atoms with E-state index in [1.165, 1.54) is 4.88 Å². The summed E-state index contributed by atoms with van der Waals surface area (Å²) in [6, 6.07) is 12.3. The maximum atomic E-state index is 11.2. The molecule has 0 bridgehead atoms. The van der Waals surface area contributed by atoms with Gasteiger partial charge in [-0.3, -0.25) is 4.79 Å². The van der Waals surface area contributed by atoms with Crippen LogP contribution in [0, 0.1) is 0 Å². The molecule has 0 saturated heterocycles. The van der Waals surface area contributed by atoms with Crippen LogP contribution in [0.15, 0.2) is 41.8 Å². The molecule has 2 nitrogen and oxygen atoms in total. The number of anilines is 1. The van der Waals surface area contributed by atoms with Gasteiger partial charge < -0.3 is 4.90 Å². The third-order valence-corrected chi connectivity index (χ3v) is 4.26. The molecular weight excluding hydrogens is 242 g/mol. The lowest BCUT2D eigenvalue weighted by molar-refractivity contribution is 0.101. The van der Waals surface area contributed by atoms with E-state index in [0.717, 1.165) is 11.3 Å². The number of carbonyl (C=O) groups excluding carboxylic acids is 1. The Labute approximate surface area is 112 Å². The van der Waals surface area contributed by atoms with Crippen LogP contribution in [0.5, 0.6) is 0 Å². The highest BCUT2D eigenvalue weighted by Gasteiger charge is 2.13. The predicted molar refractivity (Wildman–Crippen MR) is 77.6 cm³/mol. The molecule has 2 aromatic rings. The number of rotatable bonds is 4. The minimum Gasteiger partial charge on any atom is -0.367 e. The Hall–Kier alpha value is -1.61. The van der Waals surface area contributed by atoms with Crippen molar-refractivity contribution in [2.24, 2.45) is 0 Å². The Morgan fingerprint density at radius 1 is 1.22 bits per heavy atom. The van der Waals surface area contributed by atoms with Crippen molar-refractivity contribution in [2.45, 2.75) is 19.9 Å². The summed E-state index contributed by atoms with van der Waals surface area (Å²) in [5.41, 5.74) is 1.89. The van der Waals surface area contributed by atoms with Crippen molar-refractivity contribution in [3.05, 3.63) is 52.2 Å². The molecule has 0 amide bonds. The van der Waals surface area contributed by atoms with E-state index in [4.69, 9.17) is 0 Å². The summed E-state index contributed by atoms with van der Waals surface area (Å²) in [5, 5.41) is 2.10. The van der Waals surface area contributed by atoms with Crippen LogP contribution in [0.4, 0.5) is 5.69 Å². The Morgan fingerprint density at radius 2 is 1.89 bits per heavy atom. The number of nitrogens with zero attached hydrogens (tertiary/aromatic N) is 1. The molecule has 0 radical (unpaired) electrons. The second-order valence-corrected chi connectivity index (χ2v) is 5.38. The summed E-state index contributed by atoms with van der Waals surface area (Å²) in [6.45, 7) is 3.78. The zero-order valence-corrected chi connectivity index (χ0v) is 11.7. The van der Waals surface area contributed by atoms with Gasteiger partial charge in [-0.05, 0) is 49.6 Å². The van der Waals surface area contributed by atoms with Crippen molar-refractivity contribution in [1.82, 2.24) is 0 Å². The predicted octanol–water partition coefficient (Wildman–Crippen LogP) is 4.15. The van der Waals surface area contributed by atoms with E-state index in [2.05, 4.69) is 36.4 Å². The molecule has 0 aliphatic carbocycles. The largest absolute Gasteiger partial charge is 0.367 e. The molecule has 0 N–H and O–H groups in total. The highest BCUT2D eigenvalue weighted by atomic mass is 32.1. The maximum absolute atomic E-state index is 11.2. The first-order valence-electron chi connectivity index (χ1n) is 5.97. The van der Waals surface area contributed by atoms with Crippen molar-refractivity contribution >= 4 is 22.8 Å². The van der Waals surface area contributed by atoms with Crippen LogP contribution in [-0.4, -0.2) is 12.8 Å². The normalized spacial score (nSPS) is 12.2. The molecule has 3 heteroatoms. The van der Waals surface area contributed by atoms with Crippen LogP contribution in [0.25, 0.3) is 0 Å². The van der Waals surface area contributed by atoms with Crippen LogP contribution < -0.4 is 4.90 Å². The number of ketones is 1. The fourth-order valence-corrected chi connectivity index (χ4v) is 2.70. The molecule has 1 aromatic heterocycles. The fraction of sp³-hybridized carbons (Fsp3) is 0.267. The second kappa shape index (κ2) is 5.36. The monoisotopic (exact) mass is 259 g/mol. The molecule has 1 atom stereocenters. The molecule has 2 rings (SSSR count). The Morgan fingerprint density at radius 3 is 2.39 bits per heavy atom. The first-order chi connectivity index (χ1) is 8.59. The van der Waals surface area contributed by atoms with Gasteiger partial charge in [-0.1, -0.05) is 6.07 Å². The van der Waals surface area contributed by atoms with Crippen molar-refractivity contribution < 1.29 is 4.79 Å². The highest BCUT2D eigenvalue weighted by Crippen LogP contribution is 2.28. The van der Waals surface area contributed by atoms with Gasteiger partial charge in [-0.25, -0.2) is 0 Å². The van der Waals surface area contributed by atoms with Crippen molar-refractivity contribution in [3.8, 4) is 0 Å². The molecule has 1 aromatic carbocycles. The lowest BCUT2D eigenvalue weighted by Crippen LogP contribution is -2.20. The smallest absolute Gasteiger partial charge is 0.159 e. The van der Waals surface area contributed by atoms with E-state index in [-0.39, 0.29) is 5.78 Å². The third-order valence-electron chi connectivity index (χ3n) is 3.22. The molecule has 0 aliphatic heterocycles. The average molecular weight is 259 g/mol. The van der Waals surface area contributed by atoms with E-state index in [1.807, 2.05) is 24.3 Å². The van der Waals surface area contributed by atoms with Crippen molar-refractivity contribution in [2.75, 3.05) is 11.9 Å². The number of hydrogen-bond acceptors (Lipinski definition) is 3. The van der Waals surface area contributed by atoms with E-state index in [1.54, 1.807) is 18.3 Å². The van der Waals surface area contributed by atoms with Gasteiger partial charge in [0.25, 0.3) is 0 Å². The van der Waals surface area contributed by atoms with E-state index >= 15 is 0 Å². The first kappa shape index (κ1) is 12.8. The Kier molecular flexibility index (Phi) is 3.82. The third kappa shape index (κ3) is 2.62. The quantitative estimate of drug-likeness (QED) is 0.769. The molecular formula is C15H17NOS. The van der Waals surface area contributed by atoms with E-state index in [9.17, 15) is 4.79 Å². The molecule has 0 aliphatic rings. The summed E-state index contributed by atoms with van der Waals surface area (Å²) in [5.74, 6) is 0.107. The second-order valence-electron chi connectivity index (χ2n) is 4.41. The van der Waals surface area contributed by atoms with Gasteiger partial charge >= 0.3 is 0 Å². The Balaban J connectivity index is 2.18. The Bertz CT molecular complexity index is 516. The standard InChI is InChI=1S/C15H17NOS/c1-11(15-5-4-10-18-15)16(3)14-8-6-13(7-9-14)12(2)17/h4-11H,1-3H3. The minimum atomic E-state index is 0.107. The summed E-state index contributed by atoms with van der Waals surface area (Å²) in [4.78, 5) is 14.8. The number of hydrogen-bond donors (Lipinski definition) is 0. The maximum Gasteiger partial charge on any atom is 0.159 e. The zero-order valence-electron chi connectivity index (χ0n) is 10.9. The minimum absolute atomic E-state index is 0.107. The van der Waals surface area contributed by atoms with E-state index in [0.29, 0.717) is 6.04 Å². The van der Waals surface area contributed by atoms with Crippen molar-refractivity contribution in [3.63, 3.8) is 0 Å². The zero-order chi connectivity index (χ0) is 13.1. The van der Waals surface area contributed by atoms with E-state index < -0.39 is 0 Å². The lowest BCUT2D eigenvalue weighted by atomic mass is 10.1. The van der Waals surface area contributed by atoms with Gasteiger partial charge in [0.2, 0.25) is 0 Å². The number of benzene rings is 1. The molecule has 94 valence electrons. The molecule has 0 spiro atoms. The summed E-state index contributed by atoms with van der Waals surface area (Å²) in [7, 11) is 2.08. The van der Waals surface area contributed by atoms with Gasteiger partial charge in [-0.15, -0.1) is 11.3 Å². The SMILES string of the molecule is CC(=O)c1ccc(N(C)C(C)c2cccs2)cc1. The molecule has 18 heavy (non-hydrogen) atoms. The fourth-order valence-electron chi connectivity index (χ4n) is 1.87. The lowest BCUT2D eigenvalue weighted by Gasteiger charge is -2.26. The summed E-state index contributed by atoms with van der Waals surface area (Å²) >= 11 is 1.77. The number of thiophene rings is 1. The van der Waals surface area contributed by atoms with Gasteiger partial charge in [-0.2, -0.15) is 0 Å².